The molecule has 128 valence electrons. The number of carbonyl (C=O) groups excluding carboxylic acids is 1. The average Bonchev–Trinajstić information content (AvgIpc) is 2.61. The molecule has 2 aromatic rings. The molecule has 0 bridgehead atoms. The minimum Gasteiger partial charge on any atom is -0.550 e. The van der Waals surface area contributed by atoms with Crippen LogP contribution in [0.2, 0.25) is 0 Å². The van der Waals surface area contributed by atoms with Gasteiger partial charge in [-0.2, -0.15) is 0 Å². The summed E-state index contributed by atoms with van der Waals surface area (Å²) >= 11 is 5.58. The maximum absolute atomic E-state index is 11.4. The smallest absolute Gasteiger partial charge is 0.119 e. The Labute approximate surface area is 148 Å². The minimum atomic E-state index is -0.981. The van der Waals surface area contributed by atoms with Crippen molar-refractivity contribution in [2.24, 2.45) is 5.92 Å². The highest BCUT2D eigenvalue weighted by Crippen LogP contribution is 2.19. The molecule has 0 saturated heterocycles. The molecular formula is C20H22ClO3-. The molecule has 0 fully saturated rings. The van der Waals surface area contributed by atoms with Crippen LogP contribution in [0.5, 0.6) is 5.75 Å². The number of alkyl halides is 1. The lowest BCUT2D eigenvalue weighted by molar-refractivity contribution is -0.311. The fourth-order valence-corrected chi connectivity index (χ4v) is 2.74. The third-order valence-electron chi connectivity index (χ3n) is 3.95. The monoisotopic (exact) mass is 345 g/mol. The summed E-state index contributed by atoms with van der Waals surface area (Å²) in [6.07, 6.45) is 2.81. The number of carboxylic acids is 1. The van der Waals surface area contributed by atoms with Gasteiger partial charge in [-0.3, -0.25) is 0 Å². The van der Waals surface area contributed by atoms with Crippen LogP contribution in [0.3, 0.4) is 0 Å². The highest BCUT2D eigenvalue weighted by atomic mass is 35.5. The van der Waals surface area contributed by atoms with Crippen molar-refractivity contribution in [3.05, 3.63) is 65.7 Å². The van der Waals surface area contributed by atoms with Gasteiger partial charge < -0.3 is 14.6 Å². The van der Waals surface area contributed by atoms with E-state index >= 15 is 0 Å². The molecule has 0 saturated carbocycles. The van der Waals surface area contributed by atoms with E-state index in [0.29, 0.717) is 25.3 Å². The van der Waals surface area contributed by atoms with Crippen LogP contribution in [-0.2, 0) is 17.6 Å². The predicted octanol–water partition coefficient (Wildman–Crippen LogP) is 3.24. The van der Waals surface area contributed by atoms with Gasteiger partial charge in [0.2, 0.25) is 0 Å². The maximum atomic E-state index is 11.4. The van der Waals surface area contributed by atoms with E-state index in [4.69, 9.17) is 16.3 Å². The van der Waals surface area contributed by atoms with E-state index in [2.05, 4.69) is 12.1 Å². The van der Waals surface area contributed by atoms with Gasteiger partial charge in [0.15, 0.2) is 0 Å². The average molecular weight is 346 g/mol. The number of carbonyl (C=O) groups is 1. The Balaban J connectivity index is 1.85. The summed E-state index contributed by atoms with van der Waals surface area (Å²) in [6.45, 7) is 0.460. The molecule has 2 aromatic carbocycles. The molecule has 0 N–H and O–H groups in total. The number of aliphatic carboxylic acids is 1. The van der Waals surface area contributed by atoms with Crippen LogP contribution in [0.1, 0.15) is 24.0 Å². The summed E-state index contributed by atoms with van der Waals surface area (Å²) < 4.78 is 5.42. The Hall–Kier alpha value is -2.00. The molecule has 0 spiro atoms. The van der Waals surface area contributed by atoms with Crippen molar-refractivity contribution in [2.75, 3.05) is 12.5 Å². The molecule has 0 radical (unpaired) electrons. The molecule has 0 aromatic heterocycles. The van der Waals surface area contributed by atoms with Crippen molar-refractivity contribution in [1.82, 2.24) is 0 Å². The van der Waals surface area contributed by atoms with E-state index < -0.39 is 11.9 Å². The van der Waals surface area contributed by atoms with Gasteiger partial charge in [0, 0.05) is 11.9 Å². The lowest BCUT2D eigenvalue weighted by Gasteiger charge is -2.18. The van der Waals surface area contributed by atoms with Crippen LogP contribution in [0.4, 0.5) is 0 Å². The van der Waals surface area contributed by atoms with Crippen molar-refractivity contribution in [2.45, 2.75) is 25.7 Å². The number of ether oxygens (including phenoxy) is 1. The van der Waals surface area contributed by atoms with Gasteiger partial charge in [-0.05, 0) is 48.9 Å². The summed E-state index contributed by atoms with van der Waals surface area (Å²) in [4.78, 5) is 11.4. The largest absolute Gasteiger partial charge is 0.550 e. The standard InChI is InChI=1S/C20H23ClO3/c21-13-14-24-19-11-9-17(10-12-19)15-18(20(22)23)8-4-7-16-5-2-1-3-6-16/h1-3,5-6,9-12,18H,4,7-8,13-15H2,(H,22,23)/p-1. The molecule has 0 aliphatic heterocycles. The van der Waals surface area contributed by atoms with E-state index in [1.807, 2.05) is 42.5 Å². The summed E-state index contributed by atoms with van der Waals surface area (Å²) in [7, 11) is 0. The maximum Gasteiger partial charge on any atom is 0.119 e. The molecule has 0 aliphatic carbocycles. The first-order chi connectivity index (χ1) is 11.7. The van der Waals surface area contributed by atoms with Crippen molar-refractivity contribution >= 4 is 17.6 Å². The van der Waals surface area contributed by atoms with Crippen molar-refractivity contribution in [3.63, 3.8) is 0 Å². The lowest BCUT2D eigenvalue weighted by Crippen LogP contribution is -2.32. The number of halogens is 1. The highest BCUT2D eigenvalue weighted by Gasteiger charge is 2.11. The molecule has 0 amide bonds. The Kier molecular flexibility index (Phi) is 7.63. The highest BCUT2D eigenvalue weighted by molar-refractivity contribution is 6.18. The van der Waals surface area contributed by atoms with Crippen molar-refractivity contribution in [3.8, 4) is 5.75 Å². The molecule has 1 unspecified atom stereocenters. The quantitative estimate of drug-likeness (QED) is 0.621. The first-order valence-electron chi connectivity index (χ1n) is 8.21. The Morgan fingerprint density at radius 1 is 1.04 bits per heavy atom. The van der Waals surface area contributed by atoms with E-state index in [1.54, 1.807) is 0 Å². The summed E-state index contributed by atoms with van der Waals surface area (Å²) in [6, 6.07) is 17.6. The molecule has 24 heavy (non-hydrogen) atoms. The van der Waals surface area contributed by atoms with E-state index in [0.717, 1.165) is 24.2 Å². The van der Waals surface area contributed by atoms with E-state index in [-0.39, 0.29) is 0 Å². The fourth-order valence-electron chi connectivity index (χ4n) is 2.66. The van der Waals surface area contributed by atoms with Crippen LogP contribution in [0, 0.1) is 5.92 Å². The van der Waals surface area contributed by atoms with Gasteiger partial charge in [-0.25, -0.2) is 0 Å². The van der Waals surface area contributed by atoms with Crippen LogP contribution < -0.4 is 9.84 Å². The molecular weight excluding hydrogens is 324 g/mol. The number of carboxylic acid groups (broad SMARTS) is 1. The second-order valence-electron chi connectivity index (χ2n) is 5.78. The number of hydrogen-bond donors (Lipinski definition) is 0. The SMILES string of the molecule is O=C([O-])C(CCCc1ccccc1)Cc1ccc(OCCCl)cc1. The minimum absolute atomic E-state index is 0.440. The Morgan fingerprint density at radius 2 is 1.75 bits per heavy atom. The topological polar surface area (TPSA) is 49.4 Å². The summed E-state index contributed by atoms with van der Waals surface area (Å²) in [5.74, 6) is -0.266. The molecule has 1 atom stereocenters. The molecule has 0 aliphatic rings. The zero-order valence-corrected chi connectivity index (χ0v) is 14.4. The van der Waals surface area contributed by atoms with Gasteiger partial charge in [-0.15, -0.1) is 11.6 Å². The van der Waals surface area contributed by atoms with Crippen LogP contribution in [0.25, 0.3) is 0 Å². The zero-order valence-electron chi connectivity index (χ0n) is 13.6. The summed E-state index contributed by atoms with van der Waals surface area (Å²) in [5, 5.41) is 11.4. The van der Waals surface area contributed by atoms with Gasteiger partial charge in [0.05, 0.1) is 5.88 Å². The zero-order chi connectivity index (χ0) is 17.2. The number of rotatable bonds is 10. The van der Waals surface area contributed by atoms with E-state index in [9.17, 15) is 9.90 Å². The normalized spacial score (nSPS) is 11.9. The Bertz CT molecular complexity index is 611. The second kappa shape index (κ2) is 9.99. The van der Waals surface area contributed by atoms with Gasteiger partial charge in [-0.1, -0.05) is 42.5 Å². The third-order valence-corrected chi connectivity index (χ3v) is 4.10. The van der Waals surface area contributed by atoms with Crippen molar-refractivity contribution in [1.29, 1.82) is 0 Å². The number of aryl methyl sites for hydroxylation is 1. The van der Waals surface area contributed by atoms with Crippen LogP contribution in [0.15, 0.2) is 54.6 Å². The van der Waals surface area contributed by atoms with Crippen LogP contribution in [-0.4, -0.2) is 18.5 Å². The lowest BCUT2D eigenvalue weighted by atomic mass is 9.93. The molecule has 2 rings (SSSR count). The first kappa shape index (κ1) is 18.3. The van der Waals surface area contributed by atoms with Gasteiger partial charge in [0.1, 0.15) is 12.4 Å². The van der Waals surface area contributed by atoms with Crippen molar-refractivity contribution < 1.29 is 14.6 Å². The molecule has 0 heterocycles. The second-order valence-corrected chi connectivity index (χ2v) is 6.16. The third kappa shape index (κ3) is 6.25. The van der Waals surface area contributed by atoms with Gasteiger partial charge in [0.25, 0.3) is 0 Å². The predicted molar refractivity (Wildman–Crippen MR) is 94.2 cm³/mol. The molecule has 4 heteroatoms. The number of hydrogen-bond acceptors (Lipinski definition) is 3. The molecule has 3 nitrogen and oxygen atoms in total. The number of benzene rings is 2. The van der Waals surface area contributed by atoms with E-state index in [1.165, 1.54) is 5.56 Å². The first-order valence-corrected chi connectivity index (χ1v) is 8.75. The van der Waals surface area contributed by atoms with Crippen LogP contribution >= 0.6 is 11.6 Å². The summed E-state index contributed by atoms with van der Waals surface area (Å²) in [5.41, 5.74) is 2.21. The van der Waals surface area contributed by atoms with Gasteiger partial charge >= 0.3 is 0 Å². The Morgan fingerprint density at radius 3 is 2.38 bits per heavy atom. The fraction of sp³-hybridized carbons (Fsp3) is 0.350.